The summed E-state index contributed by atoms with van der Waals surface area (Å²) in [4.78, 5) is 4.37. The second-order valence-electron chi connectivity index (χ2n) is 7.90. The summed E-state index contributed by atoms with van der Waals surface area (Å²) in [5.74, 6) is 0.172. The van der Waals surface area contributed by atoms with E-state index in [1.165, 1.54) is 18.2 Å². The van der Waals surface area contributed by atoms with E-state index in [-0.39, 0.29) is 23.8 Å². The molecule has 4 rings (SSSR count). The van der Waals surface area contributed by atoms with Crippen molar-refractivity contribution in [1.82, 2.24) is 4.98 Å². The van der Waals surface area contributed by atoms with Gasteiger partial charge in [0.2, 0.25) is 0 Å². The van der Waals surface area contributed by atoms with Crippen molar-refractivity contribution in [3.63, 3.8) is 0 Å². The molecule has 2 N–H and O–H groups in total. The molecule has 0 saturated carbocycles. The van der Waals surface area contributed by atoms with Gasteiger partial charge in [-0.25, -0.2) is 0 Å². The summed E-state index contributed by atoms with van der Waals surface area (Å²) in [6.45, 7) is 2.17. The number of nitrogens with one attached hydrogen (secondary N) is 1. The second-order valence-corrected chi connectivity index (χ2v) is 9.57. The number of aliphatic hydroxyl groups excluding tert-OH is 1. The minimum atomic E-state index is -5.57. The van der Waals surface area contributed by atoms with Crippen LogP contribution in [0.5, 0.6) is 5.75 Å². The molecule has 2 aromatic carbocycles. The van der Waals surface area contributed by atoms with Crippen molar-refractivity contribution in [2.45, 2.75) is 25.0 Å². The summed E-state index contributed by atoms with van der Waals surface area (Å²) in [5.41, 5.74) is -2.54. The third kappa shape index (κ3) is 4.81. The van der Waals surface area contributed by atoms with Gasteiger partial charge in [0.05, 0.1) is 18.4 Å². The molecule has 174 valence electrons. The molecule has 2 heterocycles. The lowest BCUT2D eigenvalue weighted by Gasteiger charge is -2.30. The maximum Gasteiger partial charge on any atom is 0.516 e. The lowest BCUT2D eigenvalue weighted by Crippen LogP contribution is -2.30. The van der Waals surface area contributed by atoms with E-state index >= 15 is 0 Å². The fourth-order valence-corrected chi connectivity index (χ4v) is 4.28. The number of alkyl halides is 3. The highest BCUT2D eigenvalue weighted by atomic mass is 32.2. The number of aliphatic hydroxyl groups is 1. The number of pyridine rings is 1. The largest absolute Gasteiger partial charge is 0.516 e. The molecule has 10 heteroatoms. The van der Waals surface area contributed by atoms with Crippen LogP contribution in [0.3, 0.4) is 0 Å². The molecule has 0 saturated heterocycles. The number of benzene rings is 2. The zero-order valence-electron chi connectivity index (χ0n) is 17.5. The van der Waals surface area contributed by atoms with Crippen molar-refractivity contribution in [2.75, 3.05) is 11.3 Å². The molecule has 1 aliphatic rings. The Morgan fingerprint density at radius 2 is 1.91 bits per heavy atom. The summed E-state index contributed by atoms with van der Waals surface area (Å²) < 4.78 is 69.1. The molecule has 0 aliphatic carbocycles. The Morgan fingerprint density at radius 3 is 2.61 bits per heavy atom. The van der Waals surface area contributed by atoms with Crippen LogP contribution < -0.4 is 9.46 Å². The van der Waals surface area contributed by atoms with E-state index in [1.54, 1.807) is 35.2 Å². The van der Waals surface area contributed by atoms with Crippen molar-refractivity contribution in [1.29, 1.82) is 0 Å². The van der Waals surface area contributed by atoms with Crippen LogP contribution in [-0.4, -0.2) is 30.6 Å². The average molecular weight is 478 g/mol. The molecule has 0 radical (unpaired) electrons. The molecule has 1 aromatic heterocycles. The highest BCUT2D eigenvalue weighted by Gasteiger charge is 2.46. The summed E-state index contributed by atoms with van der Waals surface area (Å²) in [7, 11) is -5.57. The van der Waals surface area contributed by atoms with Gasteiger partial charge in [-0.2, -0.15) is 21.6 Å². The zero-order chi connectivity index (χ0) is 23.8. The number of halogens is 3. The fraction of sp³-hybridized carbons (Fsp3) is 0.261. The van der Waals surface area contributed by atoms with Crippen LogP contribution >= 0.6 is 0 Å². The number of rotatable bonds is 5. The first-order chi connectivity index (χ1) is 15.5. The van der Waals surface area contributed by atoms with E-state index in [0.29, 0.717) is 23.3 Å². The van der Waals surface area contributed by atoms with Gasteiger partial charge >= 0.3 is 15.5 Å². The van der Waals surface area contributed by atoms with Gasteiger partial charge in [-0.1, -0.05) is 36.4 Å². The number of hydrogen-bond acceptors (Lipinski definition) is 5. The van der Waals surface area contributed by atoms with Gasteiger partial charge < -0.3 is 9.84 Å². The predicted octanol–water partition coefficient (Wildman–Crippen LogP) is 4.60. The molecule has 0 fully saturated rings. The van der Waals surface area contributed by atoms with Gasteiger partial charge in [0.25, 0.3) is 0 Å². The number of ether oxygens (including phenoxy) is 1. The molecule has 2 unspecified atom stereocenters. The average Bonchev–Trinajstić information content (AvgIpc) is 2.76. The highest BCUT2D eigenvalue weighted by molar-refractivity contribution is 7.93. The van der Waals surface area contributed by atoms with Gasteiger partial charge in [-0.15, -0.1) is 0 Å². The van der Waals surface area contributed by atoms with Crippen LogP contribution in [0.4, 0.5) is 18.9 Å². The zero-order valence-corrected chi connectivity index (χ0v) is 18.3. The monoisotopic (exact) mass is 478 g/mol. The molecule has 0 bridgehead atoms. The van der Waals surface area contributed by atoms with Crippen LogP contribution in [0.2, 0.25) is 0 Å². The fourth-order valence-electron chi connectivity index (χ4n) is 3.70. The lowest BCUT2D eigenvalue weighted by atomic mass is 9.88. The third-order valence-electron chi connectivity index (χ3n) is 5.46. The number of fused-ring (bicyclic) bond motifs is 1. The Hall–Kier alpha value is -3.11. The Morgan fingerprint density at radius 1 is 1.15 bits per heavy atom. The molecule has 0 amide bonds. The maximum atomic E-state index is 12.8. The van der Waals surface area contributed by atoms with E-state index in [1.807, 2.05) is 19.1 Å². The van der Waals surface area contributed by atoms with Crippen LogP contribution in [0.15, 0.2) is 60.8 Å². The number of aromatic nitrogens is 1. The van der Waals surface area contributed by atoms with E-state index in [0.717, 1.165) is 11.3 Å². The number of hydrogen-bond donors (Lipinski definition) is 2. The summed E-state index contributed by atoms with van der Waals surface area (Å²) in [6, 6.07) is 14.4. The smallest absolute Gasteiger partial charge is 0.493 e. The first-order valence-electron chi connectivity index (χ1n) is 10.1. The van der Waals surface area contributed by atoms with Crippen LogP contribution in [0, 0.1) is 12.8 Å². The first-order valence-corrected chi connectivity index (χ1v) is 11.6. The number of anilines is 1. The van der Waals surface area contributed by atoms with E-state index < -0.39 is 21.6 Å². The van der Waals surface area contributed by atoms with Gasteiger partial charge in [0, 0.05) is 28.9 Å². The quantitative estimate of drug-likeness (QED) is 0.560. The molecular weight excluding hydrogens is 457 g/mol. The standard InChI is InChI=1S/C23H21F3N2O4S/c1-14-6-8-17(27-12-14)10-16-13-32-21-11-15(7-9-19(21)22(16)29)18-4-2-3-5-20(18)28-33(30,31)23(24,25)26/h2-9,11-12,16,22,28-29H,10,13H2,1H3. The van der Waals surface area contributed by atoms with Crippen molar-refractivity contribution >= 4 is 15.7 Å². The maximum absolute atomic E-state index is 12.8. The molecule has 3 aromatic rings. The first kappa shape index (κ1) is 23.1. The SMILES string of the molecule is Cc1ccc(CC2COc3cc(-c4ccccc4NS(=O)(=O)C(F)(F)F)ccc3C2O)nc1. The molecule has 6 nitrogen and oxygen atoms in total. The molecular formula is C23H21F3N2O4S. The van der Waals surface area contributed by atoms with Crippen molar-refractivity contribution < 1.29 is 31.4 Å². The van der Waals surface area contributed by atoms with Crippen molar-refractivity contribution in [3.8, 4) is 16.9 Å². The van der Waals surface area contributed by atoms with Gasteiger partial charge in [-0.3, -0.25) is 9.71 Å². The van der Waals surface area contributed by atoms with E-state index in [9.17, 15) is 26.7 Å². The molecule has 2 atom stereocenters. The van der Waals surface area contributed by atoms with Crippen molar-refractivity contribution in [3.05, 3.63) is 77.6 Å². The highest BCUT2D eigenvalue weighted by Crippen LogP contribution is 2.40. The number of para-hydroxylation sites is 1. The van der Waals surface area contributed by atoms with Gasteiger partial charge in [0.1, 0.15) is 5.75 Å². The summed E-state index contributed by atoms with van der Waals surface area (Å²) >= 11 is 0. The molecule has 1 aliphatic heterocycles. The molecule has 0 spiro atoms. The molecule has 33 heavy (non-hydrogen) atoms. The van der Waals surface area contributed by atoms with Crippen LogP contribution in [-0.2, 0) is 16.4 Å². The minimum absolute atomic E-state index is 0.213. The minimum Gasteiger partial charge on any atom is -0.493 e. The normalized spacial score (nSPS) is 18.3. The second kappa shape index (κ2) is 8.68. The van der Waals surface area contributed by atoms with E-state index in [2.05, 4.69) is 4.98 Å². The Kier molecular flexibility index (Phi) is 6.06. The number of nitrogens with zero attached hydrogens (tertiary/aromatic N) is 1. The topological polar surface area (TPSA) is 88.5 Å². The Bertz CT molecular complexity index is 1260. The van der Waals surface area contributed by atoms with Crippen LogP contribution in [0.1, 0.15) is 22.9 Å². The predicted molar refractivity (Wildman–Crippen MR) is 117 cm³/mol. The van der Waals surface area contributed by atoms with Gasteiger partial charge in [-0.05, 0) is 42.7 Å². The lowest BCUT2D eigenvalue weighted by molar-refractivity contribution is -0.0429. The number of sulfonamides is 1. The Labute approximate surface area is 189 Å². The number of aryl methyl sites for hydroxylation is 1. The van der Waals surface area contributed by atoms with Crippen molar-refractivity contribution in [2.24, 2.45) is 5.92 Å². The summed E-state index contributed by atoms with van der Waals surface area (Å²) in [5, 5.41) is 10.9. The van der Waals surface area contributed by atoms with Crippen LogP contribution in [0.25, 0.3) is 11.1 Å². The van der Waals surface area contributed by atoms with Gasteiger partial charge in [0.15, 0.2) is 0 Å². The third-order valence-corrected chi connectivity index (χ3v) is 6.56. The Balaban J connectivity index is 1.60. The van der Waals surface area contributed by atoms with E-state index in [4.69, 9.17) is 4.74 Å². The summed E-state index contributed by atoms with van der Waals surface area (Å²) in [6.07, 6.45) is 1.46.